The first-order chi connectivity index (χ1) is 15.0. The molecule has 0 atom stereocenters. The molecule has 0 bridgehead atoms. The lowest BCUT2D eigenvalue weighted by Gasteiger charge is -2.12. The summed E-state index contributed by atoms with van der Waals surface area (Å²) >= 11 is 6.52. The lowest BCUT2D eigenvalue weighted by Crippen LogP contribution is -2.00. The van der Waals surface area contributed by atoms with Crippen molar-refractivity contribution in [1.29, 1.82) is 0 Å². The predicted octanol–water partition coefficient (Wildman–Crippen LogP) is 5.20. The van der Waals surface area contributed by atoms with E-state index in [9.17, 15) is 9.90 Å². The van der Waals surface area contributed by atoms with Crippen molar-refractivity contribution in [2.75, 3.05) is 12.4 Å². The van der Waals surface area contributed by atoms with Crippen LogP contribution in [-0.2, 0) is 4.79 Å². The topological polar surface area (TPSA) is 97.2 Å². The maximum atomic E-state index is 11.3. The lowest BCUT2D eigenvalue weighted by molar-refractivity contribution is -0.130. The van der Waals surface area contributed by atoms with Gasteiger partial charge in [0.25, 0.3) is 0 Å². The Labute approximate surface area is 183 Å². The molecule has 0 fully saturated rings. The van der Waals surface area contributed by atoms with Crippen LogP contribution in [0.3, 0.4) is 0 Å². The molecule has 2 N–H and O–H groups in total. The van der Waals surface area contributed by atoms with Gasteiger partial charge in [-0.25, -0.2) is 14.8 Å². The maximum Gasteiger partial charge on any atom is 0.335 e. The van der Waals surface area contributed by atoms with Crippen molar-refractivity contribution < 1.29 is 14.6 Å². The number of nitrogens with zero attached hydrogens (tertiary/aromatic N) is 3. The number of aromatic nitrogens is 3. The highest BCUT2D eigenvalue weighted by molar-refractivity contribution is 6.33. The van der Waals surface area contributed by atoms with Crippen LogP contribution in [0.4, 0.5) is 11.5 Å². The fourth-order valence-corrected chi connectivity index (χ4v) is 3.37. The molecular weight excluding hydrogens is 416 g/mol. The summed E-state index contributed by atoms with van der Waals surface area (Å²) in [5, 5.41) is 13.6. The number of benzene rings is 2. The van der Waals surface area contributed by atoms with Gasteiger partial charge < -0.3 is 15.2 Å². The van der Waals surface area contributed by atoms with Gasteiger partial charge in [0, 0.05) is 28.9 Å². The Bertz CT molecular complexity index is 1320. The third-order valence-corrected chi connectivity index (χ3v) is 5.03. The number of fused-ring (bicyclic) bond motifs is 1. The number of methoxy groups -OCH3 is 1. The van der Waals surface area contributed by atoms with E-state index in [0.29, 0.717) is 44.4 Å². The van der Waals surface area contributed by atoms with Crippen molar-refractivity contribution in [3.8, 4) is 17.0 Å². The summed E-state index contributed by atoms with van der Waals surface area (Å²) in [7, 11) is 1.59. The minimum atomic E-state index is -1.08. The Morgan fingerprint density at radius 2 is 1.94 bits per heavy atom. The number of ether oxygens (including phenoxy) is 1. The van der Waals surface area contributed by atoms with Crippen LogP contribution in [0.2, 0.25) is 5.02 Å². The van der Waals surface area contributed by atoms with Crippen LogP contribution < -0.4 is 10.1 Å². The van der Waals surface area contributed by atoms with Crippen LogP contribution in [0.5, 0.6) is 5.75 Å². The minimum Gasteiger partial charge on any atom is -0.497 e. The number of anilines is 2. The zero-order valence-corrected chi connectivity index (χ0v) is 17.2. The normalized spacial score (nSPS) is 10.6. The highest BCUT2D eigenvalue weighted by Crippen LogP contribution is 2.33. The Kier molecular flexibility index (Phi) is 5.51. The summed E-state index contributed by atoms with van der Waals surface area (Å²) in [5.74, 6) is 0.127. The van der Waals surface area contributed by atoms with Crippen molar-refractivity contribution in [3.63, 3.8) is 0 Å². The molecule has 4 aromatic rings. The molecule has 0 aliphatic carbocycles. The Hall–Kier alpha value is -3.97. The summed E-state index contributed by atoms with van der Waals surface area (Å²) in [6.45, 7) is 3.61. The molecule has 4 rings (SSSR count). The molecule has 0 amide bonds. The fraction of sp³-hybridized carbons (Fsp3) is 0.0435. The average Bonchev–Trinajstić information content (AvgIpc) is 2.78. The number of nitrogens with one attached hydrogen (secondary N) is 1. The van der Waals surface area contributed by atoms with E-state index < -0.39 is 5.97 Å². The van der Waals surface area contributed by atoms with Gasteiger partial charge in [0.05, 0.1) is 28.9 Å². The number of pyridine rings is 1. The molecule has 0 aliphatic rings. The fourth-order valence-electron chi connectivity index (χ4n) is 3.09. The minimum absolute atomic E-state index is 0.00473. The van der Waals surface area contributed by atoms with Crippen molar-refractivity contribution in [1.82, 2.24) is 15.0 Å². The third kappa shape index (κ3) is 4.17. The van der Waals surface area contributed by atoms with Gasteiger partial charge in [-0.15, -0.1) is 0 Å². The maximum absolute atomic E-state index is 11.3. The van der Waals surface area contributed by atoms with Gasteiger partial charge in [-0.1, -0.05) is 24.2 Å². The van der Waals surface area contributed by atoms with E-state index >= 15 is 0 Å². The first-order valence-electron chi connectivity index (χ1n) is 9.20. The van der Waals surface area contributed by atoms with Gasteiger partial charge in [-0.3, -0.25) is 4.98 Å². The molecule has 0 unspecified atom stereocenters. The lowest BCUT2D eigenvalue weighted by atomic mass is 10.0. The quantitative estimate of drug-likeness (QED) is 0.404. The smallest absolute Gasteiger partial charge is 0.335 e. The standard InChI is InChI=1S/C23H17ClN4O3/c1-13(23(29)30)14-3-6-20-18(9-14)22(27-12-26-20)28-15-4-5-17(19(24)10-15)21-11-16(31-2)7-8-25-21/h3-12H,1H2,2H3,(H,29,30)(H,26,27,28). The summed E-state index contributed by atoms with van der Waals surface area (Å²) in [6, 6.07) is 14.2. The molecule has 2 aromatic carbocycles. The van der Waals surface area contributed by atoms with Crippen LogP contribution >= 0.6 is 11.6 Å². The number of halogens is 1. The Balaban J connectivity index is 1.69. The average molecular weight is 433 g/mol. The molecule has 0 aliphatic heterocycles. The SMILES string of the molecule is C=C(C(=O)O)c1ccc2ncnc(Nc3ccc(-c4cc(OC)ccn4)c(Cl)c3)c2c1. The number of carbonyl (C=O) groups is 1. The van der Waals surface area contributed by atoms with Gasteiger partial charge >= 0.3 is 5.97 Å². The van der Waals surface area contributed by atoms with Crippen LogP contribution in [0.15, 0.2) is 67.6 Å². The zero-order chi connectivity index (χ0) is 22.0. The molecule has 31 heavy (non-hydrogen) atoms. The van der Waals surface area contributed by atoms with Gasteiger partial charge in [-0.05, 0) is 42.0 Å². The molecule has 0 radical (unpaired) electrons. The van der Waals surface area contributed by atoms with Crippen molar-refractivity contribution >= 4 is 45.6 Å². The second-order valence-electron chi connectivity index (χ2n) is 6.64. The number of hydrogen-bond acceptors (Lipinski definition) is 6. The van der Waals surface area contributed by atoms with Gasteiger partial charge in [0.1, 0.15) is 17.9 Å². The molecule has 0 saturated heterocycles. The van der Waals surface area contributed by atoms with E-state index in [-0.39, 0.29) is 5.57 Å². The van der Waals surface area contributed by atoms with E-state index in [0.717, 1.165) is 5.56 Å². The predicted molar refractivity (Wildman–Crippen MR) is 121 cm³/mol. The number of aliphatic carboxylic acids is 1. The van der Waals surface area contributed by atoms with Crippen LogP contribution in [0, 0.1) is 0 Å². The first-order valence-corrected chi connectivity index (χ1v) is 9.58. The first kappa shape index (κ1) is 20.3. The number of carboxylic acids is 1. The molecule has 0 spiro atoms. The van der Waals surface area contributed by atoms with E-state index in [1.165, 1.54) is 6.33 Å². The van der Waals surface area contributed by atoms with Crippen molar-refractivity contribution in [2.45, 2.75) is 0 Å². The second-order valence-corrected chi connectivity index (χ2v) is 7.05. The largest absolute Gasteiger partial charge is 0.497 e. The van der Waals surface area contributed by atoms with Crippen molar-refractivity contribution in [2.24, 2.45) is 0 Å². The highest BCUT2D eigenvalue weighted by atomic mass is 35.5. The van der Waals surface area contributed by atoms with Gasteiger partial charge in [0.2, 0.25) is 0 Å². The van der Waals surface area contributed by atoms with E-state index in [1.807, 2.05) is 18.2 Å². The molecule has 2 heterocycles. The van der Waals surface area contributed by atoms with Gasteiger partial charge in [-0.2, -0.15) is 0 Å². The van der Waals surface area contributed by atoms with E-state index in [1.54, 1.807) is 43.6 Å². The highest BCUT2D eigenvalue weighted by Gasteiger charge is 2.12. The Morgan fingerprint density at radius 3 is 2.68 bits per heavy atom. The summed E-state index contributed by atoms with van der Waals surface area (Å²) in [5.41, 5.74) is 3.31. The molecular formula is C23H17ClN4O3. The summed E-state index contributed by atoms with van der Waals surface area (Å²) < 4.78 is 5.25. The second kappa shape index (κ2) is 8.41. The molecule has 154 valence electrons. The summed E-state index contributed by atoms with van der Waals surface area (Å²) in [6.07, 6.45) is 3.10. The van der Waals surface area contributed by atoms with Crippen LogP contribution in [0.1, 0.15) is 5.56 Å². The van der Waals surface area contributed by atoms with Crippen LogP contribution in [-0.4, -0.2) is 33.1 Å². The van der Waals surface area contributed by atoms with E-state index in [2.05, 4.69) is 26.8 Å². The molecule has 2 aromatic heterocycles. The molecule has 8 heteroatoms. The van der Waals surface area contributed by atoms with Crippen LogP contribution in [0.25, 0.3) is 27.7 Å². The summed E-state index contributed by atoms with van der Waals surface area (Å²) in [4.78, 5) is 24.2. The van der Waals surface area contributed by atoms with E-state index in [4.69, 9.17) is 16.3 Å². The third-order valence-electron chi connectivity index (χ3n) is 4.72. The van der Waals surface area contributed by atoms with Gasteiger partial charge in [0.15, 0.2) is 0 Å². The molecule has 7 nitrogen and oxygen atoms in total. The monoisotopic (exact) mass is 432 g/mol. The Morgan fingerprint density at radius 1 is 1.10 bits per heavy atom. The molecule has 0 saturated carbocycles. The van der Waals surface area contributed by atoms with Crippen molar-refractivity contribution in [3.05, 3.63) is 78.2 Å². The number of carboxylic acid groups (broad SMARTS) is 1. The number of hydrogen-bond donors (Lipinski definition) is 2. The number of rotatable bonds is 6. The zero-order valence-electron chi connectivity index (χ0n) is 16.5.